The summed E-state index contributed by atoms with van der Waals surface area (Å²) in [6.07, 6.45) is 1.31. The lowest BCUT2D eigenvalue weighted by Crippen LogP contribution is -2.20. The first-order valence-electron chi connectivity index (χ1n) is 2.09. The Morgan fingerprint density at radius 3 is 2.57 bits per heavy atom. The molecule has 3 heteroatoms. The molecule has 0 aromatic rings. The summed E-state index contributed by atoms with van der Waals surface area (Å²) in [5.41, 5.74) is 5.06. The van der Waals surface area contributed by atoms with Crippen molar-refractivity contribution in [1.82, 2.24) is 5.06 Å². The molecule has 0 spiro atoms. The zero-order valence-corrected chi connectivity index (χ0v) is 4.17. The average Bonchev–Trinajstić information content (AvgIpc) is 1.68. The maximum atomic E-state index is 8.49. The normalized spacial score (nSPS) is 8.29. The monoisotopic (exact) mass is 102 g/mol. The Balaban J connectivity index is 2.98. The number of nitrogens with two attached hydrogens (primary N) is 1. The van der Waals surface area contributed by atoms with Crippen LogP contribution in [0.15, 0.2) is 12.8 Å². The SMILES string of the molecule is C=CN(O)CCN. The smallest absolute Gasteiger partial charge is 0.0568 e. The van der Waals surface area contributed by atoms with Gasteiger partial charge in [-0.15, -0.1) is 0 Å². The number of hydrogen-bond acceptors (Lipinski definition) is 3. The van der Waals surface area contributed by atoms with Crippen LogP contribution >= 0.6 is 0 Å². The van der Waals surface area contributed by atoms with Gasteiger partial charge >= 0.3 is 0 Å². The summed E-state index contributed by atoms with van der Waals surface area (Å²) in [5, 5.41) is 9.44. The van der Waals surface area contributed by atoms with E-state index < -0.39 is 0 Å². The van der Waals surface area contributed by atoms with Crippen molar-refractivity contribution in [2.24, 2.45) is 5.73 Å². The molecule has 42 valence electrons. The van der Waals surface area contributed by atoms with Crippen molar-refractivity contribution in [1.29, 1.82) is 0 Å². The molecular weight excluding hydrogens is 92.1 g/mol. The summed E-state index contributed by atoms with van der Waals surface area (Å²) in [5.74, 6) is 0. The van der Waals surface area contributed by atoms with Crippen molar-refractivity contribution < 1.29 is 5.21 Å². The Morgan fingerprint density at radius 1 is 1.86 bits per heavy atom. The molecule has 0 amide bonds. The summed E-state index contributed by atoms with van der Waals surface area (Å²) >= 11 is 0. The minimum atomic E-state index is 0.447. The van der Waals surface area contributed by atoms with Gasteiger partial charge in [0.15, 0.2) is 0 Å². The molecule has 0 atom stereocenters. The first-order chi connectivity index (χ1) is 3.31. The Morgan fingerprint density at radius 2 is 2.43 bits per heavy atom. The summed E-state index contributed by atoms with van der Waals surface area (Å²) in [6, 6.07) is 0. The van der Waals surface area contributed by atoms with Crippen molar-refractivity contribution in [3.8, 4) is 0 Å². The van der Waals surface area contributed by atoms with Gasteiger partial charge in [-0.05, 0) is 0 Å². The fourth-order valence-corrected chi connectivity index (χ4v) is 0.224. The fourth-order valence-electron chi connectivity index (χ4n) is 0.224. The predicted octanol–water partition coefficient (Wildman–Crippen LogP) is -0.220. The highest BCUT2D eigenvalue weighted by molar-refractivity contribution is 4.60. The van der Waals surface area contributed by atoms with Crippen molar-refractivity contribution in [2.45, 2.75) is 0 Å². The van der Waals surface area contributed by atoms with E-state index in [1.165, 1.54) is 6.20 Å². The molecule has 7 heavy (non-hydrogen) atoms. The summed E-state index contributed by atoms with van der Waals surface area (Å²) in [6.45, 7) is 4.19. The molecule has 0 rings (SSSR count). The lowest BCUT2D eigenvalue weighted by Gasteiger charge is -2.06. The van der Waals surface area contributed by atoms with Crippen molar-refractivity contribution in [3.05, 3.63) is 12.8 Å². The van der Waals surface area contributed by atoms with Gasteiger partial charge in [0, 0.05) is 12.7 Å². The minimum Gasteiger partial charge on any atom is -0.329 e. The zero-order valence-electron chi connectivity index (χ0n) is 4.17. The van der Waals surface area contributed by atoms with Crippen LogP contribution in [0.1, 0.15) is 0 Å². The van der Waals surface area contributed by atoms with Gasteiger partial charge in [0.05, 0.1) is 6.54 Å². The molecule has 0 fully saturated rings. The first kappa shape index (κ1) is 6.46. The first-order valence-corrected chi connectivity index (χ1v) is 2.09. The van der Waals surface area contributed by atoms with Crippen LogP contribution in [0.4, 0.5) is 0 Å². The van der Waals surface area contributed by atoms with Crippen LogP contribution in [0.2, 0.25) is 0 Å². The van der Waals surface area contributed by atoms with Crippen LogP contribution in [0.25, 0.3) is 0 Å². The van der Waals surface area contributed by atoms with Crippen LogP contribution in [0.3, 0.4) is 0 Å². The Hall–Kier alpha value is -0.540. The average molecular weight is 102 g/mol. The molecule has 0 aliphatic rings. The fraction of sp³-hybridized carbons (Fsp3) is 0.500. The molecule has 0 saturated carbocycles. The Labute approximate surface area is 43.0 Å². The van der Waals surface area contributed by atoms with Crippen LogP contribution in [-0.2, 0) is 0 Å². The maximum absolute atomic E-state index is 8.49. The second kappa shape index (κ2) is 3.64. The molecule has 0 heterocycles. The van der Waals surface area contributed by atoms with Gasteiger partial charge in [0.1, 0.15) is 0 Å². The van der Waals surface area contributed by atoms with E-state index >= 15 is 0 Å². The summed E-state index contributed by atoms with van der Waals surface area (Å²) in [7, 11) is 0. The minimum absolute atomic E-state index is 0.447. The lowest BCUT2D eigenvalue weighted by atomic mass is 10.6. The second-order valence-electron chi connectivity index (χ2n) is 1.13. The van der Waals surface area contributed by atoms with E-state index in [1.54, 1.807) is 0 Å². The van der Waals surface area contributed by atoms with E-state index in [0.717, 1.165) is 5.06 Å². The molecule has 0 unspecified atom stereocenters. The number of nitrogens with zero attached hydrogens (tertiary/aromatic N) is 1. The van der Waals surface area contributed by atoms with Crippen molar-refractivity contribution in [2.75, 3.05) is 13.1 Å². The summed E-state index contributed by atoms with van der Waals surface area (Å²) in [4.78, 5) is 0. The van der Waals surface area contributed by atoms with E-state index in [2.05, 4.69) is 6.58 Å². The quantitative estimate of drug-likeness (QED) is 0.484. The molecule has 3 N–H and O–H groups in total. The highest BCUT2D eigenvalue weighted by Crippen LogP contribution is 1.74. The van der Waals surface area contributed by atoms with Crippen LogP contribution in [0, 0.1) is 0 Å². The van der Waals surface area contributed by atoms with Crippen LogP contribution in [-0.4, -0.2) is 23.4 Å². The van der Waals surface area contributed by atoms with Gasteiger partial charge in [0.2, 0.25) is 0 Å². The second-order valence-corrected chi connectivity index (χ2v) is 1.13. The van der Waals surface area contributed by atoms with Crippen molar-refractivity contribution in [3.63, 3.8) is 0 Å². The van der Waals surface area contributed by atoms with Gasteiger partial charge in [-0.1, -0.05) is 6.58 Å². The number of hydroxylamine groups is 2. The van der Waals surface area contributed by atoms with Crippen molar-refractivity contribution >= 4 is 0 Å². The topological polar surface area (TPSA) is 49.5 Å². The molecule has 0 aromatic carbocycles. The van der Waals surface area contributed by atoms with Gasteiger partial charge in [0.25, 0.3) is 0 Å². The summed E-state index contributed by atoms with van der Waals surface area (Å²) < 4.78 is 0. The van der Waals surface area contributed by atoms with Gasteiger partial charge in [-0.3, -0.25) is 10.3 Å². The molecule has 0 bridgehead atoms. The Bertz CT molecular complexity index is 55.7. The standard InChI is InChI=1S/C4H10N2O/c1-2-6(7)4-3-5/h2,7H,1,3-5H2. The van der Waals surface area contributed by atoms with Gasteiger partial charge < -0.3 is 5.73 Å². The van der Waals surface area contributed by atoms with E-state index in [9.17, 15) is 0 Å². The molecular formula is C4H10N2O. The third kappa shape index (κ3) is 3.29. The van der Waals surface area contributed by atoms with Crippen LogP contribution < -0.4 is 5.73 Å². The molecule has 3 nitrogen and oxygen atoms in total. The lowest BCUT2D eigenvalue weighted by molar-refractivity contribution is -0.0370. The Kier molecular flexibility index (Phi) is 3.36. The molecule has 0 saturated heterocycles. The molecule has 0 aliphatic carbocycles. The predicted molar refractivity (Wildman–Crippen MR) is 27.7 cm³/mol. The molecule has 0 radical (unpaired) electrons. The van der Waals surface area contributed by atoms with Crippen LogP contribution in [0.5, 0.6) is 0 Å². The van der Waals surface area contributed by atoms with E-state index in [0.29, 0.717) is 13.1 Å². The molecule has 0 aromatic heterocycles. The van der Waals surface area contributed by atoms with Gasteiger partial charge in [-0.2, -0.15) is 0 Å². The molecule has 0 aliphatic heterocycles. The van der Waals surface area contributed by atoms with Gasteiger partial charge in [-0.25, -0.2) is 0 Å². The van der Waals surface area contributed by atoms with E-state index in [1.807, 2.05) is 0 Å². The largest absolute Gasteiger partial charge is 0.329 e. The zero-order chi connectivity index (χ0) is 5.70. The third-order valence-electron chi connectivity index (χ3n) is 0.569. The highest BCUT2D eigenvalue weighted by atomic mass is 16.5. The highest BCUT2D eigenvalue weighted by Gasteiger charge is 1.83. The van der Waals surface area contributed by atoms with E-state index in [-0.39, 0.29) is 0 Å². The third-order valence-corrected chi connectivity index (χ3v) is 0.569. The number of rotatable bonds is 3. The number of hydrogen-bond donors (Lipinski definition) is 2. The maximum Gasteiger partial charge on any atom is 0.0568 e. The van der Waals surface area contributed by atoms with E-state index in [4.69, 9.17) is 10.9 Å².